The van der Waals surface area contributed by atoms with Crippen molar-refractivity contribution in [3.8, 4) is 28.6 Å². The Morgan fingerprint density at radius 3 is 2.64 bits per heavy atom. The fraction of sp³-hybridized carbons (Fsp3) is 0.360. The van der Waals surface area contributed by atoms with Crippen molar-refractivity contribution < 1.29 is 23.5 Å². The predicted molar refractivity (Wildman–Crippen MR) is 134 cm³/mol. The molecule has 0 atom stereocenters. The molecule has 0 saturated heterocycles. The molecule has 10 nitrogen and oxygen atoms in total. The first-order valence-corrected chi connectivity index (χ1v) is 12.6. The monoisotopic (exact) mass is 510 g/mol. The number of aromatic nitrogens is 4. The Labute approximate surface area is 211 Å². The Bertz CT molecular complexity index is 1420. The molecule has 0 unspecified atom stereocenters. The van der Waals surface area contributed by atoms with Gasteiger partial charge in [-0.1, -0.05) is 16.9 Å². The lowest BCUT2D eigenvalue weighted by Gasteiger charge is -2.12. The molecule has 5 rings (SSSR count). The van der Waals surface area contributed by atoms with E-state index in [9.17, 15) is 4.79 Å². The van der Waals surface area contributed by atoms with E-state index >= 15 is 0 Å². The highest BCUT2D eigenvalue weighted by Crippen LogP contribution is 2.35. The van der Waals surface area contributed by atoms with Crippen molar-refractivity contribution in [2.75, 3.05) is 20.5 Å². The highest BCUT2D eigenvalue weighted by Gasteiger charge is 2.20. The number of ether oxygens (including phenoxy) is 4. The van der Waals surface area contributed by atoms with E-state index in [4.69, 9.17) is 28.5 Å². The summed E-state index contributed by atoms with van der Waals surface area (Å²) in [4.78, 5) is 22.6. The standard InChI is InChI=1S/C25H26N4O6S/c1-15(2)34-17-7-5-16(6-8-17)23-27-22(35-28-23)13-36-25-26-19-12-21-20(32-14-33-21)11-18(19)24(30)29(25)9-4-10-31-3/h5-8,11-12,15H,4,9-10,13-14H2,1-3H3. The Morgan fingerprint density at radius 1 is 1.11 bits per heavy atom. The van der Waals surface area contributed by atoms with E-state index in [1.807, 2.05) is 38.1 Å². The number of hydrogen-bond donors (Lipinski definition) is 0. The Kier molecular flexibility index (Phi) is 7.10. The highest BCUT2D eigenvalue weighted by molar-refractivity contribution is 7.98. The van der Waals surface area contributed by atoms with Crippen LogP contribution in [0.1, 0.15) is 26.2 Å². The summed E-state index contributed by atoms with van der Waals surface area (Å²) in [5.41, 5.74) is 1.22. The molecule has 0 aliphatic carbocycles. The summed E-state index contributed by atoms with van der Waals surface area (Å²) in [6, 6.07) is 11.0. The van der Waals surface area contributed by atoms with Crippen LogP contribution in [0.2, 0.25) is 0 Å². The van der Waals surface area contributed by atoms with Gasteiger partial charge in [-0.05, 0) is 50.6 Å². The minimum Gasteiger partial charge on any atom is -0.491 e. The molecule has 0 saturated carbocycles. The lowest BCUT2D eigenvalue weighted by molar-refractivity contribution is 0.174. The Balaban J connectivity index is 1.38. The fourth-order valence-corrected chi connectivity index (χ4v) is 4.64. The van der Waals surface area contributed by atoms with Crippen LogP contribution in [0.3, 0.4) is 0 Å². The van der Waals surface area contributed by atoms with Crippen molar-refractivity contribution in [1.29, 1.82) is 0 Å². The van der Waals surface area contributed by atoms with Gasteiger partial charge in [-0.2, -0.15) is 4.98 Å². The molecule has 0 N–H and O–H groups in total. The zero-order valence-corrected chi connectivity index (χ0v) is 21.0. The van der Waals surface area contributed by atoms with Gasteiger partial charge in [-0.3, -0.25) is 9.36 Å². The highest BCUT2D eigenvalue weighted by atomic mass is 32.2. The third-order valence-corrected chi connectivity index (χ3v) is 6.38. The van der Waals surface area contributed by atoms with Crippen molar-refractivity contribution in [2.45, 2.75) is 43.8 Å². The molecule has 0 spiro atoms. The van der Waals surface area contributed by atoms with Gasteiger partial charge in [0.05, 0.1) is 22.8 Å². The normalized spacial score (nSPS) is 12.6. The van der Waals surface area contributed by atoms with E-state index in [-0.39, 0.29) is 18.5 Å². The number of fused-ring (bicyclic) bond motifs is 2. The number of nitrogens with zero attached hydrogens (tertiary/aromatic N) is 4. The third kappa shape index (κ3) is 5.17. The molecule has 1 aliphatic heterocycles. The summed E-state index contributed by atoms with van der Waals surface area (Å²) in [7, 11) is 1.63. The second-order valence-electron chi connectivity index (χ2n) is 8.41. The largest absolute Gasteiger partial charge is 0.491 e. The molecule has 0 amide bonds. The van der Waals surface area contributed by atoms with Crippen LogP contribution in [0.15, 0.2) is 50.9 Å². The van der Waals surface area contributed by atoms with Gasteiger partial charge in [0.15, 0.2) is 16.7 Å². The molecule has 0 radical (unpaired) electrons. The SMILES string of the molecule is COCCCn1c(SCc2nc(-c3ccc(OC(C)C)cc3)no2)nc2cc3c(cc2c1=O)OCO3. The van der Waals surface area contributed by atoms with Crippen LogP contribution < -0.4 is 19.8 Å². The molecule has 4 aromatic rings. The summed E-state index contributed by atoms with van der Waals surface area (Å²) in [6.07, 6.45) is 0.769. The van der Waals surface area contributed by atoms with Crippen LogP contribution in [0, 0.1) is 0 Å². The first kappa shape index (κ1) is 24.1. The zero-order chi connectivity index (χ0) is 25.1. The predicted octanol–water partition coefficient (Wildman–Crippen LogP) is 4.29. The third-order valence-electron chi connectivity index (χ3n) is 5.42. The maximum Gasteiger partial charge on any atom is 0.262 e. The Hall–Kier alpha value is -3.57. The minimum atomic E-state index is -0.146. The maximum atomic E-state index is 13.3. The lowest BCUT2D eigenvalue weighted by Crippen LogP contribution is -2.24. The average Bonchev–Trinajstić information content (AvgIpc) is 3.53. The van der Waals surface area contributed by atoms with Crippen LogP contribution in [0.25, 0.3) is 22.3 Å². The number of thioether (sulfide) groups is 1. The fourth-order valence-electron chi connectivity index (χ4n) is 3.78. The van der Waals surface area contributed by atoms with Gasteiger partial charge in [0.1, 0.15) is 5.75 Å². The summed E-state index contributed by atoms with van der Waals surface area (Å²) in [6.45, 7) is 5.08. The molecular weight excluding hydrogens is 484 g/mol. The van der Waals surface area contributed by atoms with Crippen molar-refractivity contribution in [3.05, 3.63) is 52.6 Å². The molecule has 11 heteroatoms. The van der Waals surface area contributed by atoms with Crippen molar-refractivity contribution >= 4 is 22.7 Å². The first-order valence-electron chi connectivity index (χ1n) is 11.6. The van der Waals surface area contributed by atoms with Crippen molar-refractivity contribution in [2.24, 2.45) is 0 Å². The van der Waals surface area contributed by atoms with Crippen LogP contribution >= 0.6 is 11.8 Å². The van der Waals surface area contributed by atoms with Crippen LogP contribution in [-0.2, 0) is 17.0 Å². The first-order chi connectivity index (χ1) is 17.5. The number of rotatable bonds is 10. The second kappa shape index (κ2) is 10.6. The molecule has 2 aromatic heterocycles. The molecule has 36 heavy (non-hydrogen) atoms. The quantitative estimate of drug-likeness (QED) is 0.174. The van der Waals surface area contributed by atoms with E-state index in [1.54, 1.807) is 23.8 Å². The summed E-state index contributed by atoms with van der Waals surface area (Å²) < 4.78 is 28.9. The molecule has 0 bridgehead atoms. The van der Waals surface area contributed by atoms with E-state index in [2.05, 4.69) is 10.1 Å². The average molecular weight is 511 g/mol. The van der Waals surface area contributed by atoms with Gasteiger partial charge in [0.25, 0.3) is 5.56 Å². The second-order valence-corrected chi connectivity index (χ2v) is 9.35. The zero-order valence-electron chi connectivity index (χ0n) is 20.2. The van der Waals surface area contributed by atoms with Crippen LogP contribution in [0.4, 0.5) is 0 Å². The molecule has 2 aromatic carbocycles. The van der Waals surface area contributed by atoms with Crippen LogP contribution in [0.5, 0.6) is 17.2 Å². The number of methoxy groups -OCH3 is 1. The topological polar surface area (TPSA) is 111 Å². The van der Waals surface area contributed by atoms with Gasteiger partial charge in [-0.15, -0.1) is 0 Å². The summed E-state index contributed by atoms with van der Waals surface area (Å²) in [5.74, 6) is 3.18. The van der Waals surface area contributed by atoms with E-state index < -0.39 is 0 Å². The van der Waals surface area contributed by atoms with Gasteiger partial charge in [-0.25, -0.2) is 4.98 Å². The van der Waals surface area contributed by atoms with Gasteiger partial charge in [0, 0.05) is 31.9 Å². The molecule has 1 aliphatic rings. The molecule has 3 heterocycles. The molecular formula is C25H26N4O6S. The van der Waals surface area contributed by atoms with E-state index in [0.717, 1.165) is 11.3 Å². The summed E-state index contributed by atoms with van der Waals surface area (Å²) >= 11 is 1.36. The van der Waals surface area contributed by atoms with E-state index in [1.165, 1.54) is 11.8 Å². The Morgan fingerprint density at radius 2 is 1.89 bits per heavy atom. The van der Waals surface area contributed by atoms with Crippen molar-refractivity contribution in [1.82, 2.24) is 19.7 Å². The smallest absolute Gasteiger partial charge is 0.262 e. The molecule has 0 fully saturated rings. The number of hydrogen-bond acceptors (Lipinski definition) is 10. The van der Waals surface area contributed by atoms with Crippen molar-refractivity contribution in [3.63, 3.8) is 0 Å². The summed E-state index contributed by atoms with van der Waals surface area (Å²) in [5, 5.41) is 5.13. The lowest BCUT2D eigenvalue weighted by atomic mass is 10.2. The van der Waals surface area contributed by atoms with E-state index in [0.29, 0.717) is 64.6 Å². The maximum absolute atomic E-state index is 13.3. The van der Waals surface area contributed by atoms with Gasteiger partial charge >= 0.3 is 0 Å². The van der Waals surface area contributed by atoms with Gasteiger partial charge in [0.2, 0.25) is 18.5 Å². The van der Waals surface area contributed by atoms with Gasteiger partial charge < -0.3 is 23.5 Å². The van der Waals surface area contributed by atoms with Crippen LogP contribution in [-0.4, -0.2) is 46.3 Å². The molecule has 188 valence electrons. The number of benzene rings is 2. The minimum absolute atomic E-state index is 0.0991.